The lowest BCUT2D eigenvalue weighted by molar-refractivity contribution is -0.140. The van der Waals surface area contributed by atoms with E-state index in [1.54, 1.807) is 31.1 Å². The first kappa shape index (κ1) is 26.4. The minimum atomic E-state index is -4.97. The number of fused-ring (bicyclic) bond motifs is 1. The molecule has 1 aliphatic rings. The van der Waals surface area contributed by atoms with Crippen LogP contribution in [-0.2, 0) is 19.6 Å². The molecule has 1 aliphatic heterocycles. The molecule has 1 unspecified atom stereocenters. The van der Waals surface area contributed by atoms with Crippen molar-refractivity contribution < 1.29 is 22.0 Å². The number of anilines is 1. The lowest BCUT2D eigenvalue weighted by atomic mass is 10.00. The lowest BCUT2D eigenvalue weighted by Crippen LogP contribution is -2.52. The Balaban J connectivity index is 1.56. The Morgan fingerprint density at radius 2 is 1.76 bits per heavy atom. The van der Waals surface area contributed by atoms with Crippen LogP contribution in [0.4, 0.5) is 27.8 Å². The second-order valence-electron chi connectivity index (χ2n) is 9.34. The molecule has 1 atom stereocenters. The summed E-state index contributed by atoms with van der Waals surface area (Å²) in [7, 11) is 1.61. The molecule has 3 heterocycles. The second-order valence-corrected chi connectivity index (χ2v) is 10.2. The Kier molecular flexibility index (Phi) is 7.08. The summed E-state index contributed by atoms with van der Waals surface area (Å²) < 4.78 is 73.5. The maximum absolute atomic E-state index is 15.1. The number of hydrogen-bond donors (Lipinski definition) is 0. The summed E-state index contributed by atoms with van der Waals surface area (Å²) in [6.45, 7) is 3.39. The van der Waals surface area contributed by atoms with E-state index in [-0.39, 0.29) is 11.7 Å². The third-order valence-electron chi connectivity index (χ3n) is 6.96. The number of aromatic nitrogens is 3. The molecule has 0 spiro atoms. The summed E-state index contributed by atoms with van der Waals surface area (Å²) in [6.07, 6.45) is -2.11. The highest BCUT2D eigenvalue weighted by Crippen LogP contribution is 2.39. The highest BCUT2D eigenvalue weighted by molar-refractivity contribution is 7.96. The van der Waals surface area contributed by atoms with Gasteiger partial charge in [0.1, 0.15) is 23.1 Å². The van der Waals surface area contributed by atoms with Gasteiger partial charge in [-0.25, -0.2) is 22.8 Å². The minimum Gasteiger partial charge on any atom is -0.351 e. The molecule has 0 amide bonds. The number of halogens is 5. The van der Waals surface area contributed by atoms with Crippen LogP contribution in [0.5, 0.6) is 0 Å². The molecular formula is C27H26F5N5S. The Labute approximate surface area is 221 Å². The fraction of sp³-hybridized carbons (Fsp3) is 0.333. The topological polar surface area (TPSA) is 37.2 Å². The number of nitrogens with zero attached hydrogens (tertiary/aromatic N) is 5. The largest absolute Gasteiger partial charge is 0.419 e. The number of aryl methyl sites for hydroxylation is 1. The average Bonchev–Trinajstić information content (AvgIpc) is 3.22. The van der Waals surface area contributed by atoms with Crippen molar-refractivity contribution in [1.29, 1.82) is 0 Å². The third-order valence-corrected chi connectivity index (χ3v) is 7.81. The molecule has 11 heteroatoms. The van der Waals surface area contributed by atoms with Crippen LogP contribution in [0.2, 0.25) is 0 Å². The van der Waals surface area contributed by atoms with Crippen molar-refractivity contribution in [2.45, 2.75) is 25.6 Å². The molecule has 1 fully saturated rings. The van der Waals surface area contributed by atoms with Gasteiger partial charge in [0.05, 0.1) is 5.56 Å². The number of rotatable bonds is 5. The van der Waals surface area contributed by atoms with E-state index in [2.05, 4.69) is 32.7 Å². The fourth-order valence-corrected chi connectivity index (χ4v) is 5.57. The van der Waals surface area contributed by atoms with Gasteiger partial charge in [-0.05, 0) is 43.4 Å². The molecule has 0 bridgehead atoms. The van der Waals surface area contributed by atoms with Gasteiger partial charge in [0.25, 0.3) is 0 Å². The van der Waals surface area contributed by atoms with Gasteiger partial charge >= 0.3 is 6.18 Å². The van der Waals surface area contributed by atoms with Gasteiger partial charge in [0.2, 0.25) is 0 Å². The molecule has 0 N–H and O–H groups in total. The van der Waals surface area contributed by atoms with Crippen LogP contribution in [0.15, 0.2) is 48.5 Å². The van der Waals surface area contributed by atoms with E-state index < -0.39 is 34.5 Å². The summed E-state index contributed by atoms with van der Waals surface area (Å²) in [5.74, 6) is -1.98. The first-order valence-corrected chi connectivity index (χ1v) is 13.3. The van der Waals surface area contributed by atoms with Crippen LogP contribution in [-0.4, -0.2) is 51.0 Å². The van der Waals surface area contributed by atoms with E-state index >= 15 is 4.39 Å². The van der Waals surface area contributed by atoms with E-state index in [1.165, 1.54) is 10.2 Å². The summed E-state index contributed by atoms with van der Waals surface area (Å²) in [5, 5.41) is 4.69. The van der Waals surface area contributed by atoms with Crippen molar-refractivity contribution in [3.05, 3.63) is 76.9 Å². The van der Waals surface area contributed by atoms with Gasteiger partial charge in [-0.15, -0.1) is 0 Å². The summed E-state index contributed by atoms with van der Waals surface area (Å²) >= 11 is 1.70. The first-order valence-electron chi connectivity index (χ1n) is 12.1. The zero-order valence-corrected chi connectivity index (χ0v) is 21.9. The van der Waals surface area contributed by atoms with E-state index in [1.807, 2.05) is 18.2 Å². The van der Waals surface area contributed by atoms with Gasteiger partial charge < -0.3 is 4.90 Å². The van der Waals surface area contributed by atoms with Gasteiger partial charge in [-0.3, -0.25) is 0 Å². The van der Waals surface area contributed by atoms with Crippen LogP contribution in [0.1, 0.15) is 16.7 Å². The highest BCUT2D eigenvalue weighted by atomic mass is 32.2. The molecule has 4 aromatic rings. The maximum Gasteiger partial charge on any atom is 0.419 e. The van der Waals surface area contributed by atoms with Gasteiger partial charge in [-0.2, -0.15) is 18.3 Å². The number of piperazine rings is 1. The molecule has 5 nitrogen and oxygen atoms in total. The summed E-state index contributed by atoms with van der Waals surface area (Å²) in [5.41, 5.74) is -1.04. The Hall–Kier alpha value is -3.18. The maximum atomic E-state index is 15.1. The summed E-state index contributed by atoms with van der Waals surface area (Å²) in [6, 6.07) is 14.3. The predicted molar refractivity (Wildman–Crippen MR) is 140 cm³/mol. The Morgan fingerprint density at radius 1 is 1.03 bits per heavy atom. The smallest absolute Gasteiger partial charge is 0.351 e. The third kappa shape index (κ3) is 4.84. The van der Waals surface area contributed by atoms with Crippen molar-refractivity contribution in [1.82, 2.24) is 19.1 Å². The highest BCUT2D eigenvalue weighted by Gasteiger charge is 2.37. The van der Waals surface area contributed by atoms with Crippen LogP contribution in [0.25, 0.3) is 22.3 Å². The Morgan fingerprint density at radius 3 is 2.45 bits per heavy atom. The van der Waals surface area contributed by atoms with E-state index in [9.17, 15) is 17.6 Å². The van der Waals surface area contributed by atoms with Crippen molar-refractivity contribution in [3.8, 4) is 11.3 Å². The number of hydrogen-bond acceptors (Lipinski definition) is 5. The number of alkyl halides is 3. The monoisotopic (exact) mass is 547 g/mol. The van der Waals surface area contributed by atoms with Crippen molar-refractivity contribution in [3.63, 3.8) is 0 Å². The van der Waals surface area contributed by atoms with Crippen molar-refractivity contribution in [2.75, 3.05) is 30.8 Å². The van der Waals surface area contributed by atoms with Crippen LogP contribution >= 0.6 is 11.9 Å². The van der Waals surface area contributed by atoms with Crippen LogP contribution < -0.4 is 4.90 Å². The van der Waals surface area contributed by atoms with E-state index in [4.69, 9.17) is 4.98 Å². The van der Waals surface area contributed by atoms with Gasteiger partial charge in [0, 0.05) is 49.2 Å². The lowest BCUT2D eigenvalue weighted by Gasteiger charge is -2.41. The predicted octanol–water partition coefficient (Wildman–Crippen LogP) is 6.25. The number of pyridine rings is 1. The van der Waals surface area contributed by atoms with Gasteiger partial charge in [-0.1, -0.05) is 42.3 Å². The molecule has 2 aromatic carbocycles. The second kappa shape index (κ2) is 10.2. The first-order chi connectivity index (χ1) is 18.1. The molecule has 0 radical (unpaired) electrons. The fourth-order valence-electron chi connectivity index (χ4n) is 4.99. The van der Waals surface area contributed by atoms with Crippen LogP contribution in [0.3, 0.4) is 0 Å². The van der Waals surface area contributed by atoms with E-state index in [0.29, 0.717) is 22.9 Å². The quantitative estimate of drug-likeness (QED) is 0.218. The van der Waals surface area contributed by atoms with Crippen molar-refractivity contribution in [2.24, 2.45) is 7.05 Å². The molecule has 0 saturated carbocycles. The molecule has 2 aromatic heterocycles. The minimum absolute atomic E-state index is 0.0133. The van der Waals surface area contributed by atoms with Crippen molar-refractivity contribution >= 4 is 28.8 Å². The zero-order valence-electron chi connectivity index (χ0n) is 21.1. The molecule has 0 aliphatic carbocycles. The van der Waals surface area contributed by atoms with E-state index in [0.717, 1.165) is 33.0 Å². The molecule has 1 saturated heterocycles. The normalized spacial score (nSPS) is 16.9. The molecular weight excluding hydrogens is 521 g/mol. The standard InChI is InChI=1S/C27H26F5N5S/c1-16-23(28)20(14-21(24(16)29)27(30,31)32)25-19-9-10-22(33-26(19)35(2)34-25)37-12-11-36(38-3)15-18(37)13-17-7-5-4-6-8-17/h4-10,14,18H,11-13,15H2,1-3H3. The summed E-state index contributed by atoms with van der Waals surface area (Å²) in [4.78, 5) is 7.04. The van der Waals surface area contributed by atoms with Gasteiger partial charge in [0.15, 0.2) is 5.65 Å². The zero-order chi connectivity index (χ0) is 27.2. The average molecular weight is 548 g/mol. The van der Waals surface area contributed by atoms with Crippen LogP contribution in [0, 0.1) is 18.6 Å². The SMILES string of the molecule is CSN1CCN(c2ccc3c(-c4cc(C(F)(F)F)c(F)c(C)c4F)nn(C)c3n2)C(Cc2ccccc2)C1. The number of benzene rings is 2. The Bertz CT molecular complexity index is 1470. The molecule has 200 valence electrons. The molecule has 38 heavy (non-hydrogen) atoms. The molecule has 5 rings (SSSR count).